The largest absolute Gasteiger partial charge is 0.481 e. The van der Waals surface area contributed by atoms with E-state index in [1.807, 2.05) is 6.92 Å². The molecular weight excluding hydrogens is 232 g/mol. The van der Waals surface area contributed by atoms with E-state index in [1.54, 1.807) is 0 Å². The first-order valence-corrected chi connectivity index (χ1v) is 7.17. The van der Waals surface area contributed by atoms with Gasteiger partial charge in [-0.3, -0.25) is 4.79 Å². The van der Waals surface area contributed by atoms with E-state index >= 15 is 0 Å². The van der Waals surface area contributed by atoms with Crippen molar-refractivity contribution in [3.05, 3.63) is 0 Å². The third kappa shape index (κ3) is 2.38. The zero-order chi connectivity index (χ0) is 12.6. The number of carboxylic acids is 1. The van der Waals surface area contributed by atoms with Gasteiger partial charge in [-0.2, -0.15) is 0 Å². The summed E-state index contributed by atoms with van der Waals surface area (Å²) in [6, 6.07) is 0. The Morgan fingerprint density at radius 2 is 2.00 bits per heavy atom. The predicted molar refractivity (Wildman–Crippen MR) is 58.8 cm³/mol. The summed E-state index contributed by atoms with van der Waals surface area (Å²) in [5.41, 5.74) is -1.16. The van der Waals surface area contributed by atoms with Crippen LogP contribution in [-0.2, 0) is 14.6 Å². The summed E-state index contributed by atoms with van der Waals surface area (Å²) in [5.74, 6) is -2.27. The van der Waals surface area contributed by atoms with Crippen molar-refractivity contribution in [3.8, 4) is 0 Å². The van der Waals surface area contributed by atoms with E-state index in [0.717, 1.165) is 0 Å². The Bertz CT molecular complexity index is 375. The summed E-state index contributed by atoms with van der Waals surface area (Å²) in [6.45, 7) is 3.37. The lowest BCUT2D eigenvalue weighted by molar-refractivity contribution is -0.153. The van der Waals surface area contributed by atoms with Gasteiger partial charge in [-0.05, 0) is 13.3 Å². The summed E-state index contributed by atoms with van der Waals surface area (Å²) in [5, 5.41) is 18.9. The van der Waals surface area contributed by atoms with Gasteiger partial charge in [0.1, 0.15) is 0 Å². The Morgan fingerprint density at radius 3 is 2.31 bits per heavy atom. The molecule has 0 spiro atoms. The minimum Gasteiger partial charge on any atom is -0.481 e. The number of aliphatic carboxylic acids is 1. The van der Waals surface area contributed by atoms with Crippen molar-refractivity contribution < 1.29 is 23.4 Å². The Balaban J connectivity index is 3.01. The van der Waals surface area contributed by atoms with E-state index in [4.69, 9.17) is 0 Å². The van der Waals surface area contributed by atoms with Crippen molar-refractivity contribution in [2.45, 2.75) is 32.8 Å². The lowest BCUT2D eigenvalue weighted by Gasteiger charge is -2.32. The molecular formula is C10H18O5S. The van der Waals surface area contributed by atoms with E-state index in [1.165, 1.54) is 6.92 Å². The van der Waals surface area contributed by atoms with Gasteiger partial charge in [-0.15, -0.1) is 0 Å². The maximum Gasteiger partial charge on any atom is 0.309 e. The number of aliphatic hydroxyl groups excluding tert-OH is 1. The Morgan fingerprint density at radius 1 is 1.44 bits per heavy atom. The molecule has 94 valence electrons. The van der Waals surface area contributed by atoms with Crippen LogP contribution in [0.25, 0.3) is 0 Å². The molecule has 3 atom stereocenters. The number of carboxylic acid groups (broad SMARTS) is 1. The molecule has 0 aliphatic carbocycles. The molecule has 0 aromatic carbocycles. The molecule has 1 aliphatic rings. The van der Waals surface area contributed by atoms with E-state index in [0.29, 0.717) is 12.8 Å². The zero-order valence-corrected chi connectivity index (χ0v) is 10.3. The van der Waals surface area contributed by atoms with Gasteiger partial charge in [0.15, 0.2) is 9.84 Å². The van der Waals surface area contributed by atoms with Crippen molar-refractivity contribution in [2.24, 2.45) is 11.3 Å². The molecule has 5 nitrogen and oxygen atoms in total. The fraction of sp³-hybridized carbons (Fsp3) is 0.900. The van der Waals surface area contributed by atoms with Crippen LogP contribution in [0.4, 0.5) is 0 Å². The second-order valence-corrected chi connectivity index (χ2v) is 6.88. The van der Waals surface area contributed by atoms with Gasteiger partial charge in [0.05, 0.1) is 23.0 Å². The van der Waals surface area contributed by atoms with Crippen LogP contribution < -0.4 is 0 Å². The number of aliphatic hydroxyl groups is 1. The molecule has 1 rings (SSSR count). The zero-order valence-electron chi connectivity index (χ0n) is 9.51. The summed E-state index contributed by atoms with van der Waals surface area (Å²) < 4.78 is 22.7. The van der Waals surface area contributed by atoms with E-state index in [9.17, 15) is 23.4 Å². The van der Waals surface area contributed by atoms with Gasteiger partial charge in [0, 0.05) is 5.92 Å². The van der Waals surface area contributed by atoms with E-state index in [2.05, 4.69) is 0 Å². The maximum absolute atomic E-state index is 11.4. The molecule has 1 heterocycles. The van der Waals surface area contributed by atoms with Crippen LogP contribution in [-0.4, -0.2) is 42.2 Å². The standard InChI is InChI=1S/C10H18O5S/c1-3-4-10(2,9(12)13)7-5-16(14,15)6-8(7)11/h7-8,11H,3-6H2,1-2H3,(H,12,13). The first kappa shape index (κ1) is 13.4. The highest BCUT2D eigenvalue weighted by Crippen LogP contribution is 2.39. The molecule has 1 aliphatic heterocycles. The number of hydrogen-bond acceptors (Lipinski definition) is 4. The van der Waals surface area contributed by atoms with Gasteiger partial charge < -0.3 is 10.2 Å². The lowest BCUT2D eigenvalue weighted by Crippen LogP contribution is -2.41. The van der Waals surface area contributed by atoms with Crippen molar-refractivity contribution >= 4 is 15.8 Å². The van der Waals surface area contributed by atoms with Crippen LogP contribution in [0.3, 0.4) is 0 Å². The van der Waals surface area contributed by atoms with Crippen LogP contribution in [0.5, 0.6) is 0 Å². The van der Waals surface area contributed by atoms with Crippen molar-refractivity contribution in [2.75, 3.05) is 11.5 Å². The molecule has 0 bridgehead atoms. The average Bonchev–Trinajstić information content (AvgIpc) is 2.40. The molecule has 0 aromatic heterocycles. The first-order valence-electron chi connectivity index (χ1n) is 5.35. The minimum atomic E-state index is -3.29. The van der Waals surface area contributed by atoms with Crippen molar-refractivity contribution in [1.82, 2.24) is 0 Å². The summed E-state index contributed by atoms with van der Waals surface area (Å²) in [6.07, 6.45) is -0.0382. The topological polar surface area (TPSA) is 91.7 Å². The highest BCUT2D eigenvalue weighted by molar-refractivity contribution is 7.91. The number of hydrogen-bond donors (Lipinski definition) is 2. The van der Waals surface area contributed by atoms with Gasteiger partial charge in [0.25, 0.3) is 0 Å². The summed E-state index contributed by atoms with van der Waals surface area (Å²) in [7, 11) is -3.29. The van der Waals surface area contributed by atoms with Crippen LogP contribution >= 0.6 is 0 Å². The molecule has 0 radical (unpaired) electrons. The Kier molecular flexibility index (Phi) is 3.64. The van der Waals surface area contributed by atoms with Crippen LogP contribution in [0, 0.1) is 11.3 Å². The van der Waals surface area contributed by atoms with Crippen LogP contribution in [0.2, 0.25) is 0 Å². The fourth-order valence-corrected chi connectivity index (χ4v) is 4.43. The summed E-state index contributed by atoms with van der Waals surface area (Å²) >= 11 is 0. The maximum atomic E-state index is 11.4. The van der Waals surface area contributed by atoms with Crippen molar-refractivity contribution in [3.63, 3.8) is 0 Å². The minimum absolute atomic E-state index is 0.225. The number of sulfone groups is 1. The molecule has 0 amide bonds. The van der Waals surface area contributed by atoms with Gasteiger partial charge in [-0.25, -0.2) is 8.42 Å². The fourth-order valence-electron chi connectivity index (χ4n) is 2.41. The summed E-state index contributed by atoms with van der Waals surface area (Å²) in [4.78, 5) is 11.2. The van der Waals surface area contributed by atoms with E-state index < -0.39 is 33.2 Å². The first-order chi connectivity index (χ1) is 7.23. The number of rotatable bonds is 4. The van der Waals surface area contributed by atoms with Crippen LogP contribution in [0.15, 0.2) is 0 Å². The number of carbonyl (C=O) groups is 1. The monoisotopic (exact) mass is 250 g/mol. The molecule has 0 saturated carbocycles. The molecule has 3 unspecified atom stereocenters. The van der Waals surface area contributed by atoms with Gasteiger partial charge in [-0.1, -0.05) is 13.3 Å². The Labute approximate surface area is 95.4 Å². The molecule has 0 aromatic rings. The van der Waals surface area contributed by atoms with E-state index in [-0.39, 0.29) is 11.5 Å². The highest BCUT2D eigenvalue weighted by Gasteiger charge is 2.50. The smallest absolute Gasteiger partial charge is 0.309 e. The molecule has 16 heavy (non-hydrogen) atoms. The third-order valence-corrected chi connectivity index (χ3v) is 5.12. The molecule has 1 fully saturated rings. The second kappa shape index (κ2) is 4.33. The lowest BCUT2D eigenvalue weighted by atomic mass is 9.72. The highest BCUT2D eigenvalue weighted by atomic mass is 32.2. The molecule has 1 saturated heterocycles. The van der Waals surface area contributed by atoms with Gasteiger partial charge >= 0.3 is 5.97 Å². The third-order valence-electron chi connectivity index (χ3n) is 3.40. The second-order valence-electron chi connectivity index (χ2n) is 4.72. The quantitative estimate of drug-likeness (QED) is 0.748. The molecule has 2 N–H and O–H groups in total. The van der Waals surface area contributed by atoms with Gasteiger partial charge in [0.2, 0.25) is 0 Å². The van der Waals surface area contributed by atoms with Crippen LogP contribution in [0.1, 0.15) is 26.7 Å². The SMILES string of the molecule is CCCC(C)(C(=O)O)C1CS(=O)(=O)CC1O. The average molecular weight is 250 g/mol. The molecule has 6 heteroatoms. The van der Waals surface area contributed by atoms with Crippen molar-refractivity contribution in [1.29, 1.82) is 0 Å². The predicted octanol–water partition coefficient (Wildman–Crippen LogP) is 0.283. The normalized spacial score (nSPS) is 32.2. The Hall–Kier alpha value is -0.620.